The fraction of sp³-hybridized carbons (Fsp3) is 0.444. The number of aromatic nitrogens is 2. The molecule has 47 heavy (non-hydrogen) atoms. The number of hydrogen-bond acceptors (Lipinski definition) is 11. The third-order valence-electron chi connectivity index (χ3n) is 10.1. The van der Waals surface area contributed by atoms with E-state index in [9.17, 15) is 19.2 Å². The number of ether oxygens (including phenoxy) is 5. The van der Waals surface area contributed by atoms with E-state index in [0.29, 0.717) is 24.8 Å². The summed E-state index contributed by atoms with van der Waals surface area (Å²) in [6, 6.07) is 14.9. The van der Waals surface area contributed by atoms with Gasteiger partial charge in [-0.25, -0.2) is 14.4 Å². The number of carbonyl (C=O) groups excluding carboxylic acids is 4. The predicted molar refractivity (Wildman–Crippen MR) is 166 cm³/mol. The Balaban J connectivity index is 1.53. The molecule has 2 bridgehead atoms. The van der Waals surface area contributed by atoms with Crippen LogP contribution in [-0.2, 0) is 28.5 Å². The normalized spacial score (nSPS) is 30.3. The van der Waals surface area contributed by atoms with E-state index in [1.54, 1.807) is 60.8 Å². The molecule has 246 valence electrons. The van der Waals surface area contributed by atoms with Crippen molar-refractivity contribution in [3.05, 3.63) is 96.1 Å². The minimum Gasteiger partial charge on any atom is -0.462 e. The first-order valence-electron chi connectivity index (χ1n) is 15.8. The monoisotopic (exact) mass is 642 g/mol. The minimum atomic E-state index is -1.49. The van der Waals surface area contributed by atoms with E-state index in [-0.39, 0.29) is 23.7 Å². The average molecular weight is 643 g/mol. The zero-order valence-electron chi connectivity index (χ0n) is 26.8. The standard InChI is InChI=1S/C36H38N2O9/c1-22-14-15-28(44-23(2)39)35(21-43-31(40)25-12-8-16-37-19-25)30(46-33(42)26-13-9-17-38-20-26)29(27-18-36(22,35)47-34(27,3)4)45-32(41)24-10-6-5-7-11-24/h5-13,16-17,19-20,22,27-30H,14-15,18,21H2,1-4H3. The van der Waals surface area contributed by atoms with Gasteiger partial charge in [-0.05, 0) is 75.4 Å². The maximum absolute atomic E-state index is 13.9. The fourth-order valence-corrected chi connectivity index (χ4v) is 7.97. The first-order valence-corrected chi connectivity index (χ1v) is 15.8. The highest BCUT2D eigenvalue weighted by atomic mass is 16.6. The van der Waals surface area contributed by atoms with Gasteiger partial charge in [0.1, 0.15) is 24.2 Å². The Morgan fingerprint density at radius 2 is 1.43 bits per heavy atom. The second-order valence-corrected chi connectivity index (χ2v) is 13.1. The van der Waals surface area contributed by atoms with Crippen molar-refractivity contribution in [2.45, 2.75) is 76.5 Å². The number of nitrogens with zero attached hydrogens (tertiary/aromatic N) is 2. The van der Waals surface area contributed by atoms with Gasteiger partial charge in [0.25, 0.3) is 0 Å². The lowest BCUT2D eigenvalue weighted by Crippen LogP contribution is -2.74. The molecule has 11 heteroatoms. The molecule has 6 rings (SSSR count). The van der Waals surface area contributed by atoms with Crippen LogP contribution in [-0.4, -0.2) is 70.0 Å². The molecule has 7 atom stereocenters. The van der Waals surface area contributed by atoms with Crippen molar-refractivity contribution in [1.82, 2.24) is 9.97 Å². The molecule has 2 aliphatic carbocycles. The van der Waals surface area contributed by atoms with Crippen molar-refractivity contribution < 1.29 is 42.9 Å². The minimum absolute atomic E-state index is 0.152. The fourth-order valence-electron chi connectivity index (χ4n) is 7.97. The molecule has 0 amide bonds. The van der Waals surface area contributed by atoms with Gasteiger partial charge in [-0.2, -0.15) is 0 Å². The molecule has 7 unspecified atom stereocenters. The smallest absolute Gasteiger partial charge is 0.340 e. The molecule has 2 saturated carbocycles. The third kappa shape index (κ3) is 5.66. The highest BCUT2D eigenvalue weighted by Gasteiger charge is 2.79. The molecule has 3 aliphatic rings. The second kappa shape index (κ2) is 12.5. The highest BCUT2D eigenvalue weighted by molar-refractivity contribution is 5.90. The van der Waals surface area contributed by atoms with Crippen LogP contribution < -0.4 is 0 Å². The maximum Gasteiger partial charge on any atom is 0.340 e. The molecular weight excluding hydrogens is 604 g/mol. The lowest BCUT2D eigenvalue weighted by atomic mass is 9.49. The highest BCUT2D eigenvalue weighted by Crippen LogP contribution is 2.67. The van der Waals surface area contributed by atoms with Crippen LogP contribution in [0.5, 0.6) is 0 Å². The summed E-state index contributed by atoms with van der Waals surface area (Å²) in [6.45, 7) is 6.80. The van der Waals surface area contributed by atoms with Gasteiger partial charge in [0.15, 0.2) is 6.10 Å². The van der Waals surface area contributed by atoms with Gasteiger partial charge in [-0.15, -0.1) is 0 Å². The number of hydrogen-bond donors (Lipinski definition) is 0. The molecule has 1 aliphatic heterocycles. The van der Waals surface area contributed by atoms with Crippen molar-refractivity contribution in [3.8, 4) is 0 Å². The predicted octanol–water partition coefficient (Wildman–Crippen LogP) is 5.00. The Bertz CT molecular complexity index is 1630. The largest absolute Gasteiger partial charge is 0.462 e. The van der Waals surface area contributed by atoms with Crippen LogP contribution >= 0.6 is 0 Å². The number of benzene rings is 1. The Morgan fingerprint density at radius 1 is 0.809 bits per heavy atom. The van der Waals surface area contributed by atoms with E-state index in [2.05, 4.69) is 9.97 Å². The van der Waals surface area contributed by atoms with E-state index in [1.165, 1.54) is 25.5 Å². The number of esters is 4. The topological polar surface area (TPSA) is 140 Å². The van der Waals surface area contributed by atoms with Crippen molar-refractivity contribution in [2.75, 3.05) is 6.61 Å². The zero-order valence-corrected chi connectivity index (χ0v) is 26.8. The Labute approximate surface area is 272 Å². The van der Waals surface area contributed by atoms with Crippen molar-refractivity contribution >= 4 is 23.9 Å². The van der Waals surface area contributed by atoms with Gasteiger partial charge in [-0.1, -0.05) is 25.1 Å². The Morgan fingerprint density at radius 3 is 2.04 bits per heavy atom. The lowest BCUT2D eigenvalue weighted by Gasteiger charge is -2.61. The molecule has 0 radical (unpaired) electrons. The van der Waals surface area contributed by atoms with E-state index < -0.39 is 64.7 Å². The molecular formula is C36H38N2O9. The van der Waals surface area contributed by atoms with Gasteiger partial charge in [0, 0.05) is 37.6 Å². The van der Waals surface area contributed by atoms with E-state index in [1.807, 2.05) is 20.8 Å². The van der Waals surface area contributed by atoms with Gasteiger partial charge >= 0.3 is 23.9 Å². The SMILES string of the molecule is CC(=O)OC1CCC(C)C23CC(C(OC(=O)c4ccccc4)C(OC(=O)c4cccnc4)C12COC(=O)c1cccnc1)C(C)(C)O3. The van der Waals surface area contributed by atoms with E-state index >= 15 is 0 Å². The number of rotatable bonds is 8. The molecule has 1 spiro atoms. The zero-order chi connectivity index (χ0) is 33.4. The van der Waals surface area contributed by atoms with Crippen LogP contribution in [0, 0.1) is 17.3 Å². The van der Waals surface area contributed by atoms with Gasteiger partial charge in [-0.3, -0.25) is 14.8 Å². The lowest BCUT2D eigenvalue weighted by molar-refractivity contribution is -0.285. The van der Waals surface area contributed by atoms with Gasteiger partial charge in [0.2, 0.25) is 0 Å². The molecule has 3 heterocycles. The van der Waals surface area contributed by atoms with Gasteiger partial charge in [0.05, 0.1) is 27.9 Å². The van der Waals surface area contributed by atoms with Crippen molar-refractivity contribution in [2.24, 2.45) is 17.3 Å². The van der Waals surface area contributed by atoms with Crippen LogP contribution in [0.2, 0.25) is 0 Å². The van der Waals surface area contributed by atoms with Crippen molar-refractivity contribution in [3.63, 3.8) is 0 Å². The Hall–Kier alpha value is -4.64. The molecule has 2 aromatic heterocycles. The summed E-state index contributed by atoms with van der Waals surface area (Å²) < 4.78 is 32.0. The Kier molecular flexibility index (Phi) is 8.61. The summed E-state index contributed by atoms with van der Waals surface area (Å²) in [5, 5.41) is 0. The first kappa shape index (κ1) is 32.3. The molecule has 1 aromatic carbocycles. The van der Waals surface area contributed by atoms with Crippen LogP contribution in [0.4, 0.5) is 0 Å². The van der Waals surface area contributed by atoms with Crippen LogP contribution in [0.15, 0.2) is 79.4 Å². The summed E-state index contributed by atoms with van der Waals surface area (Å²) in [6.07, 6.45) is 3.92. The summed E-state index contributed by atoms with van der Waals surface area (Å²) in [5.74, 6) is -3.17. The summed E-state index contributed by atoms with van der Waals surface area (Å²) in [5.41, 5.74) is -2.79. The molecule has 1 saturated heterocycles. The van der Waals surface area contributed by atoms with Crippen LogP contribution in [0.1, 0.15) is 78.0 Å². The summed E-state index contributed by atoms with van der Waals surface area (Å²) in [4.78, 5) is 62.0. The van der Waals surface area contributed by atoms with Gasteiger partial charge < -0.3 is 23.7 Å². The molecule has 0 N–H and O–H groups in total. The quantitative estimate of drug-likeness (QED) is 0.242. The molecule has 11 nitrogen and oxygen atoms in total. The molecule has 3 aromatic rings. The van der Waals surface area contributed by atoms with Crippen LogP contribution in [0.3, 0.4) is 0 Å². The summed E-state index contributed by atoms with van der Waals surface area (Å²) in [7, 11) is 0. The van der Waals surface area contributed by atoms with E-state index in [0.717, 1.165) is 0 Å². The third-order valence-corrected chi connectivity index (χ3v) is 10.1. The average Bonchev–Trinajstić information content (AvgIpc) is 3.33. The maximum atomic E-state index is 13.9. The van der Waals surface area contributed by atoms with E-state index in [4.69, 9.17) is 23.7 Å². The van der Waals surface area contributed by atoms with Crippen LogP contribution in [0.25, 0.3) is 0 Å². The first-order chi connectivity index (χ1) is 22.5. The number of carbonyl (C=O) groups is 4. The second-order valence-electron chi connectivity index (χ2n) is 13.1. The number of fused-ring (bicyclic) bond motifs is 1. The summed E-state index contributed by atoms with van der Waals surface area (Å²) >= 11 is 0. The molecule has 3 fully saturated rings. The number of pyridine rings is 2. The van der Waals surface area contributed by atoms with Crippen molar-refractivity contribution in [1.29, 1.82) is 0 Å².